The summed E-state index contributed by atoms with van der Waals surface area (Å²) in [5, 5.41) is 16.0. The number of ether oxygens (including phenoxy) is 1. The predicted octanol–water partition coefficient (Wildman–Crippen LogP) is 2.73. The van der Waals surface area contributed by atoms with Crippen LogP contribution in [0.2, 0.25) is 0 Å². The highest BCUT2D eigenvalue weighted by atomic mass is 16.6. The van der Waals surface area contributed by atoms with Crippen LogP contribution in [0.15, 0.2) is 41.7 Å². The highest BCUT2D eigenvalue weighted by Gasteiger charge is 2.56. The van der Waals surface area contributed by atoms with Crippen molar-refractivity contribution < 1.29 is 9.38 Å². The molecule has 4 aliphatic heterocycles. The predicted molar refractivity (Wildman–Crippen MR) is 103 cm³/mol. The molecule has 0 radical (unpaired) electrons. The van der Waals surface area contributed by atoms with Gasteiger partial charge in [-0.1, -0.05) is 6.07 Å². The monoisotopic (exact) mass is 365 g/mol. The Kier molecular flexibility index (Phi) is 3.70. The van der Waals surface area contributed by atoms with E-state index in [0.717, 1.165) is 29.7 Å². The number of amidine groups is 1. The van der Waals surface area contributed by atoms with Gasteiger partial charge in [0.05, 0.1) is 19.6 Å². The average Bonchev–Trinajstić information content (AvgIpc) is 3.04. The van der Waals surface area contributed by atoms with Crippen LogP contribution in [0.5, 0.6) is 0 Å². The van der Waals surface area contributed by atoms with E-state index >= 15 is 0 Å². The molecule has 2 bridgehead atoms. The number of hydroxylamine groups is 3. The van der Waals surface area contributed by atoms with E-state index in [1.165, 1.54) is 0 Å². The summed E-state index contributed by atoms with van der Waals surface area (Å²) in [6.45, 7) is 4.49. The minimum atomic E-state index is -0.432. The summed E-state index contributed by atoms with van der Waals surface area (Å²) < 4.78 is 6.10. The number of aromatic nitrogens is 2. The quantitative estimate of drug-likeness (QED) is 0.654. The van der Waals surface area contributed by atoms with Gasteiger partial charge in [0.1, 0.15) is 12.4 Å². The molecule has 0 amide bonds. The lowest BCUT2D eigenvalue weighted by Gasteiger charge is -2.58. The summed E-state index contributed by atoms with van der Waals surface area (Å²) in [6.07, 6.45) is 5.42. The van der Waals surface area contributed by atoms with Crippen LogP contribution >= 0.6 is 0 Å². The largest absolute Gasteiger partial charge is 0.633 e. The van der Waals surface area contributed by atoms with Gasteiger partial charge in [-0.05, 0) is 30.7 Å². The van der Waals surface area contributed by atoms with Gasteiger partial charge in [-0.15, -0.1) is 0 Å². The van der Waals surface area contributed by atoms with Gasteiger partial charge in [-0.25, -0.2) is 9.98 Å². The zero-order valence-electron chi connectivity index (χ0n) is 15.4. The molecular weight excluding hydrogens is 342 g/mol. The van der Waals surface area contributed by atoms with E-state index in [2.05, 4.69) is 20.3 Å². The first kappa shape index (κ1) is 16.6. The highest BCUT2D eigenvalue weighted by molar-refractivity contribution is 5.90. The Morgan fingerprint density at radius 1 is 1.22 bits per heavy atom. The Hall–Kier alpha value is -2.51. The number of aliphatic imine (C=N–C) groups is 1. The summed E-state index contributed by atoms with van der Waals surface area (Å²) in [5.74, 6) is 1.10. The number of anilines is 1. The van der Waals surface area contributed by atoms with Crippen LogP contribution in [0.25, 0.3) is 11.1 Å². The number of hydrogen-bond acceptors (Lipinski definition) is 6. The van der Waals surface area contributed by atoms with Crippen molar-refractivity contribution in [1.29, 1.82) is 0 Å². The molecule has 0 aliphatic carbocycles. The Labute approximate surface area is 158 Å². The molecule has 4 aliphatic rings. The molecule has 0 aromatic carbocycles. The van der Waals surface area contributed by atoms with Crippen molar-refractivity contribution in [2.75, 3.05) is 31.5 Å². The van der Waals surface area contributed by atoms with Gasteiger partial charge in [0.15, 0.2) is 5.60 Å². The van der Waals surface area contributed by atoms with Gasteiger partial charge in [-0.2, -0.15) is 0 Å². The lowest BCUT2D eigenvalue weighted by molar-refractivity contribution is -0.905. The third kappa shape index (κ3) is 2.87. The first-order valence-electron chi connectivity index (χ1n) is 9.51. The lowest BCUT2D eigenvalue weighted by atomic mass is 9.75. The van der Waals surface area contributed by atoms with Crippen molar-refractivity contribution >= 4 is 11.8 Å². The third-order valence-corrected chi connectivity index (χ3v) is 6.17. The minimum Gasteiger partial charge on any atom is -0.633 e. The summed E-state index contributed by atoms with van der Waals surface area (Å²) in [4.78, 5) is 13.3. The Balaban J connectivity index is 1.34. The van der Waals surface area contributed by atoms with Crippen molar-refractivity contribution in [3.05, 3.63) is 47.6 Å². The molecule has 1 spiro atoms. The smallest absolute Gasteiger partial charge is 0.291 e. The topological polar surface area (TPSA) is 82.5 Å². The van der Waals surface area contributed by atoms with Crippen LogP contribution in [-0.4, -0.2) is 52.4 Å². The second-order valence-electron chi connectivity index (χ2n) is 7.92. The number of quaternary nitrogens is 1. The average molecular weight is 365 g/mol. The van der Waals surface area contributed by atoms with Gasteiger partial charge < -0.3 is 14.6 Å². The molecule has 2 aromatic heterocycles. The van der Waals surface area contributed by atoms with Crippen molar-refractivity contribution in [2.24, 2.45) is 10.9 Å². The number of fused-ring (bicyclic) bond motifs is 2. The normalized spacial score (nSPS) is 31.6. The van der Waals surface area contributed by atoms with Gasteiger partial charge in [0.25, 0.3) is 6.02 Å². The summed E-state index contributed by atoms with van der Waals surface area (Å²) >= 11 is 0. The number of nitrogens with one attached hydrogen (secondary N) is 1. The van der Waals surface area contributed by atoms with E-state index in [0.29, 0.717) is 43.9 Å². The second kappa shape index (κ2) is 6.00. The molecule has 1 N–H and O–H groups in total. The fourth-order valence-electron chi connectivity index (χ4n) is 4.73. The maximum Gasteiger partial charge on any atom is 0.291 e. The molecule has 7 nitrogen and oxygen atoms in total. The second-order valence-corrected chi connectivity index (χ2v) is 7.92. The first-order valence-corrected chi connectivity index (χ1v) is 9.51. The van der Waals surface area contributed by atoms with E-state index in [9.17, 15) is 5.21 Å². The molecule has 6 rings (SSSR count). The number of hydrogen-bond donors (Lipinski definition) is 1. The summed E-state index contributed by atoms with van der Waals surface area (Å²) in [5.41, 5.74) is 2.65. The third-order valence-electron chi connectivity index (χ3n) is 6.17. The van der Waals surface area contributed by atoms with Crippen molar-refractivity contribution in [2.45, 2.75) is 25.4 Å². The lowest BCUT2D eigenvalue weighted by Crippen LogP contribution is -2.67. The number of aryl methyl sites for hydroxylation is 1. The molecule has 0 saturated carbocycles. The van der Waals surface area contributed by atoms with E-state index < -0.39 is 5.60 Å². The SMILES string of the molecule is Cc1ncccc1-c1ccnc(NC2=NC[C@@]3(C[N+]4([O-])CCC3CC4)O2)c1. The van der Waals surface area contributed by atoms with E-state index in [4.69, 9.17) is 4.74 Å². The fourth-order valence-corrected chi connectivity index (χ4v) is 4.73. The van der Waals surface area contributed by atoms with Crippen LogP contribution < -0.4 is 5.32 Å². The highest BCUT2D eigenvalue weighted by Crippen LogP contribution is 2.44. The first-order chi connectivity index (χ1) is 13.1. The van der Waals surface area contributed by atoms with Gasteiger partial charge in [0.2, 0.25) is 0 Å². The van der Waals surface area contributed by atoms with Crippen molar-refractivity contribution in [3.63, 3.8) is 0 Å². The minimum absolute atomic E-state index is 0.132. The molecule has 27 heavy (non-hydrogen) atoms. The van der Waals surface area contributed by atoms with Crippen LogP contribution in [-0.2, 0) is 4.74 Å². The van der Waals surface area contributed by atoms with Crippen LogP contribution in [0.1, 0.15) is 18.5 Å². The Morgan fingerprint density at radius 2 is 2.07 bits per heavy atom. The molecule has 1 atom stereocenters. The Morgan fingerprint density at radius 3 is 2.85 bits per heavy atom. The van der Waals surface area contributed by atoms with E-state index in [1.54, 1.807) is 12.4 Å². The fraction of sp³-hybridized carbons (Fsp3) is 0.450. The van der Waals surface area contributed by atoms with Gasteiger partial charge in [-0.3, -0.25) is 10.3 Å². The van der Waals surface area contributed by atoms with Crippen molar-refractivity contribution in [1.82, 2.24) is 9.97 Å². The zero-order valence-corrected chi connectivity index (χ0v) is 15.4. The van der Waals surface area contributed by atoms with Crippen LogP contribution in [0.3, 0.4) is 0 Å². The number of rotatable bonds is 2. The zero-order chi connectivity index (χ0) is 18.5. The molecular formula is C20H23N5O2. The number of pyridine rings is 2. The van der Waals surface area contributed by atoms with E-state index in [-0.39, 0.29) is 4.65 Å². The van der Waals surface area contributed by atoms with Gasteiger partial charge >= 0.3 is 0 Å². The molecule has 0 unspecified atom stereocenters. The van der Waals surface area contributed by atoms with Crippen LogP contribution in [0, 0.1) is 18.0 Å². The maximum absolute atomic E-state index is 12.8. The maximum atomic E-state index is 12.8. The van der Waals surface area contributed by atoms with E-state index in [1.807, 2.05) is 31.2 Å². The van der Waals surface area contributed by atoms with Crippen LogP contribution in [0.4, 0.5) is 5.82 Å². The molecule has 6 heterocycles. The number of piperidine rings is 3. The Bertz CT molecular complexity index is 907. The van der Waals surface area contributed by atoms with Crippen molar-refractivity contribution in [3.8, 4) is 11.1 Å². The summed E-state index contributed by atoms with van der Waals surface area (Å²) in [7, 11) is 0. The molecule has 3 fully saturated rings. The molecule has 3 saturated heterocycles. The van der Waals surface area contributed by atoms with Gasteiger partial charge in [0, 0.05) is 42.4 Å². The molecule has 140 valence electrons. The standard InChI is InChI=1S/C20H23N5O2/c1-14-17(3-2-7-21-14)15-4-8-22-18(11-15)24-19-23-12-20(27-19)13-25(26)9-5-16(20)6-10-25/h2-4,7-8,11,16H,5-6,9-10,12-13H2,1H3,(H,22,23,24)/t16?,20-,25?/m0/s1. The summed E-state index contributed by atoms with van der Waals surface area (Å²) in [6, 6.07) is 8.39. The molecule has 2 aromatic rings. The molecule has 7 heteroatoms. The number of nitrogens with zero attached hydrogens (tertiary/aromatic N) is 4.